The van der Waals surface area contributed by atoms with Gasteiger partial charge in [0.05, 0.1) is 28.0 Å². The molecule has 0 unspecified atom stereocenters. The lowest BCUT2D eigenvalue weighted by atomic mass is 9.70. The van der Waals surface area contributed by atoms with Gasteiger partial charge in [0.1, 0.15) is 0 Å². The van der Waals surface area contributed by atoms with E-state index in [2.05, 4.69) is 17.6 Å². The molecule has 0 heterocycles. The molecule has 4 atom stereocenters. The van der Waals surface area contributed by atoms with Gasteiger partial charge in [-0.15, -0.1) is 0 Å². The number of halogens is 2. The van der Waals surface area contributed by atoms with Crippen LogP contribution < -0.4 is 15.4 Å². The van der Waals surface area contributed by atoms with E-state index in [0.717, 1.165) is 38.2 Å². The average Bonchev–Trinajstić information content (AvgIpc) is 3.46. The van der Waals surface area contributed by atoms with Crippen LogP contribution in [0.5, 0.6) is 5.75 Å². The maximum Gasteiger partial charge on any atom is 0.309 e. The minimum atomic E-state index is -0.836. The monoisotopic (exact) mass is 548 g/mol. The molecule has 1 aromatic rings. The summed E-state index contributed by atoms with van der Waals surface area (Å²) in [5.74, 6) is -1.79. The van der Waals surface area contributed by atoms with E-state index in [9.17, 15) is 23.9 Å². The summed E-state index contributed by atoms with van der Waals surface area (Å²) in [5, 5.41) is 15.7. The molecule has 4 aliphatic rings. The first-order valence-electron chi connectivity index (χ1n) is 14.0. The van der Waals surface area contributed by atoms with Crippen molar-refractivity contribution in [3.63, 3.8) is 0 Å². The minimum absolute atomic E-state index is 0.00973. The molecule has 0 radical (unpaired) electrons. The van der Waals surface area contributed by atoms with Crippen molar-refractivity contribution in [2.45, 2.75) is 90.2 Å². The summed E-state index contributed by atoms with van der Waals surface area (Å²) in [6.07, 6.45) is 7.81. The molecule has 0 aromatic heterocycles. The van der Waals surface area contributed by atoms with Crippen LogP contribution in [0.2, 0.25) is 5.02 Å². The van der Waals surface area contributed by atoms with Crippen LogP contribution in [0.4, 0.5) is 4.39 Å². The molecule has 0 saturated heterocycles. The zero-order valence-electron chi connectivity index (χ0n) is 22.2. The number of carbonyl (C=O) groups excluding carboxylic acids is 2. The number of carboxylic acid groups (broad SMARTS) is 1. The van der Waals surface area contributed by atoms with E-state index in [1.807, 2.05) is 0 Å². The highest BCUT2D eigenvalue weighted by atomic mass is 35.5. The molecule has 4 saturated carbocycles. The third-order valence-electron chi connectivity index (χ3n) is 9.88. The van der Waals surface area contributed by atoms with E-state index in [1.165, 1.54) is 12.5 Å². The second-order valence-corrected chi connectivity index (χ2v) is 13.1. The molecule has 9 heteroatoms. The number of ether oxygens (including phenoxy) is 1. The second kappa shape index (κ2) is 10.3. The highest BCUT2D eigenvalue weighted by molar-refractivity contribution is 6.34. The van der Waals surface area contributed by atoms with Crippen molar-refractivity contribution in [2.24, 2.45) is 28.6 Å². The predicted octanol–water partition coefficient (Wildman–Crippen LogP) is 5.34. The molecular formula is C29H38ClFN2O5. The highest BCUT2D eigenvalue weighted by Crippen LogP contribution is 2.49. The number of rotatable bonds is 8. The molecule has 7 nitrogen and oxygen atoms in total. The number of benzene rings is 1. The maximum absolute atomic E-state index is 14.8. The van der Waals surface area contributed by atoms with Gasteiger partial charge in [0.25, 0.3) is 5.91 Å². The highest BCUT2D eigenvalue weighted by Gasteiger charge is 2.51. The van der Waals surface area contributed by atoms with E-state index in [4.69, 9.17) is 16.3 Å². The van der Waals surface area contributed by atoms with Gasteiger partial charge in [-0.2, -0.15) is 0 Å². The van der Waals surface area contributed by atoms with Gasteiger partial charge in [0.2, 0.25) is 5.91 Å². The zero-order valence-corrected chi connectivity index (χ0v) is 22.9. The third kappa shape index (κ3) is 5.25. The standard InChI is InChI=1S/C29H38ClFN2O5/c1-28(8-3-9-28)15-32-26(35)23-16-4-5-17(12-16)24(23)33-25(34)19-13-22(21(31)14-20(19)30)38-18-6-10-29(2,11-7-18)27(36)37/h13-14,16-18,23-24H,3-12,15H2,1-2H3,(H,32,35)(H,33,34)(H,36,37)/t16-,17+,18-,23+,24-,29+/m1/s1. The van der Waals surface area contributed by atoms with Gasteiger partial charge < -0.3 is 20.5 Å². The quantitative estimate of drug-likeness (QED) is 0.406. The maximum atomic E-state index is 14.8. The molecule has 3 N–H and O–H groups in total. The van der Waals surface area contributed by atoms with Crippen molar-refractivity contribution in [3.05, 3.63) is 28.5 Å². The molecule has 38 heavy (non-hydrogen) atoms. The van der Waals surface area contributed by atoms with Gasteiger partial charge in [-0.05, 0) is 94.1 Å². The van der Waals surface area contributed by atoms with Gasteiger partial charge in [-0.25, -0.2) is 4.39 Å². The number of carboxylic acids is 1. The number of hydrogen-bond donors (Lipinski definition) is 3. The molecule has 4 fully saturated rings. The summed E-state index contributed by atoms with van der Waals surface area (Å²) in [4.78, 5) is 38.1. The van der Waals surface area contributed by atoms with Crippen LogP contribution in [0.25, 0.3) is 0 Å². The first-order chi connectivity index (χ1) is 18.0. The predicted molar refractivity (Wildman–Crippen MR) is 141 cm³/mol. The Morgan fingerprint density at radius 1 is 1.08 bits per heavy atom. The zero-order chi connectivity index (χ0) is 27.2. The van der Waals surface area contributed by atoms with Gasteiger partial charge in [-0.1, -0.05) is 24.9 Å². The van der Waals surface area contributed by atoms with Crippen molar-refractivity contribution in [1.29, 1.82) is 0 Å². The number of carbonyl (C=O) groups is 3. The lowest BCUT2D eigenvalue weighted by molar-refractivity contribution is -0.150. The lowest BCUT2D eigenvalue weighted by Gasteiger charge is -2.39. The van der Waals surface area contributed by atoms with Crippen LogP contribution in [0, 0.1) is 34.4 Å². The largest absolute Gasteiger partial charge is 0.487 e. The Balaban J connectivity index is 1.26. The summed E-state index contributed by atoms with van der Waals surface area (Å²) in [7, 11) is 0. The van der Waals surface area contributed by atoms with Crippen LogP contribution in [-0.4, -0.2) is 41.6 Å². The molecule has 0 spiro atoms. The van der Waals surface area contributed by atoms with Crippen LogP contribution >= 0.6 is 11.6 Å². The van der Waals surface area contributed by atoms with Crippen LogP contribution in [0.3, 0.4) is 0 Å². The molecular weight excluding hydrogens is 511 g/mol. The third-order valence-corrected chi connectivity index (χ3v) is 10.2. The Morgan fingerprint density at radius 3 is 2.39 bits per heavy atom. The fourth-order valence-electron chi connectivity index (χ4n) is 7.01. The smallest absolute Gasteiger partial charge is 0.309 e. The minimum Gasteiger partial charge on any atom is -0.487 e. The number of nitrogens with one attached hydrogen (secondary N) is 2. The molecule has 1 aromatic carbocycles. The van der Waals surface area contributed by atoms with E-state index in [1.54, 1.807) is 6.92 Å². The van der Waals surface area contributed by atoms with Crippen LogP contribution in [0.1, 0.15) is 88.4 Å². The number of fused-ring (bicyclic) bond motifs is 2. The summed E-state index contributed by atoms with van der Waals surface area (Å²) >= 11 is 6.30. The van der Waals surface area contributed by atoms with Gasteiger partial charge in [0.15, 0.2) is 11.6 Å². The number of amides is 2. The average molecular weight is 549 g/mol. The Bertz CT molecular complexity index is 1110. The van der Waals surface area contributed by atoms with E-state index >= 15 is 0 Å². The first-order valence-corrected chi connectivity index (χ1v) is 14.3. The molecule has 0 aliphatic heterocycles. The lowest BCUT2D eigenvalue weighted by Crippen LogP contribution is -2.51. The van der Waals surface area contributed by atoms with Crippen molar-refractivity contribution in [3.8, 4) is 5.75 Å². The SMILES string of the molecule is CC1(CNC(=O)[C@H]2[C@@H]3CC[C@@H](C3)[C@H]2NC(=O)c2cc(O[C@H]3CC[C@@](C)(C(=O)O)CC3)c(F)cc2Cl)CCC1. The summed E-state index contributed by atoms with van der Waals surface area (Å²) in [5.41, 5.74) is -0.518. The molecule has 2 amide bonds. The van der Waals surface area contributed by atoms with Crippen LogP contribution in [-0.2, 0) is 9.59 Å². The van der Waals surface area contributed by atoms with Crippen molar-refractivity contribution < 1.29 is 28.6 Å². The van der Waals surface area contributed by atoms with E-state index in [-0.39, 0.29) is 57.6 Å². The normalized spacial score (nSPS) is 33.3. The Morgan fingerprint density at radius 2 is 1.76 bits per heavy atom. The molecule has 208 valence electrons. The Labute approximate surface area is 228 Å². The van der Waals surface area contributed by atoms with Gasteiger partial charge >= 0.3 is 5.97 Å². The van der Waals surface area contributed by atoms with Crippen molar-refractivity contribution in [1.82, 2.24) is 10.6 Å². The Kier molecular flexibility index (Phi) is 7.40. The number of hydrogen-bond acceptors (Lipinski definition) is 4. The summed E-state index contributed by atoms with van der Waals surface area (Å²) < 4.78 is 20.6. The van der Waals surface area contributed by atoms with Crippen LogP contribution in [0.15, 0.2) is 12.1 Å². The van der Waals surface area contributed by atoms with Crippen molar-refractivity contribution >= 4 is 29.4 Å². The molecule has 4 aliphatic carbocycles. The van der Waals surface area contributed by atoms with Crippen molar-refractivity contribution in [2.75, 3.05) is 6.54 Å². The molecule has 5 rings (SSSR count). The van der Waals surface area contributed by atoms with Gasteiger partial charge in [0, 0.05) is 12.6 Å². The first kappa shape index (κ1) is 27.2. The van der Waals surface area contributed by atoms with Gasteiger partial charge in [-0.3, -0.25) is 14.4 Å². The number of aliphatic carboxylic acids is 1. The van der Waals surface area contributed by atoms with E-state index < -0.39 is 23.1 Å². The fraction of sp³-hybridized carbons (Fsp3) is 0.690. The fourth-order valence-corrected chi connectivity index (χ4v) is 7.25. The van der Waals surface area contributed by atoms with E-state index in [0.29, 0.717) is 32.2 Å². The summed E-state index contributed by atoms with van der Waals surface area (Å²) in [6, 6.07) is 2.13. The topological polar surface area (TPSA) is 105 Å². The Hall–Kier alpha value is -2.35. The molecule has 2 bridgehead atoms. The second-order valence-electron chi connectivity index (χ2n) is 12.7. The summed E-state index contributed by atoms with van der Waals surface area (Å²) in [6.45, 7) is 4.58.